The minimum atomic E-state index is 0.446. The highest BCUT2D eigenvalue weighted by Crippen LogP contribution is 2.27. The second-order valence-electron chi connectivity index (χ2n) is 3.64. The molecule has 0 fully saturated rings. The van der Waals surface area contributed by atoms with Crippen molar-refractivity contribution in [2.45, 2.75) is 30.9 Å². The largest absolute Gasteiger partial charge is 0.317 e. The van der Waals surface area contributed by atoms with Crippen LogP contribution in [0.3, 0.4) is 0 Å². The van der Waals surface area contributed by atoms with Crippen LogP contribution in [0.5, 0.6) is 0 Å². The van der Waals surface area contributed by atoms with Crippen LogP contribution in [-0.4, -0.2) is 23.1 Å². The van der Waals surface area contributed by atoms with Gasteiger partial charge in [0.25, 0.3) is 0 Å². The first kappa shape index (κ1) is 9.93. The molecule has 0 aliphatic carbocycles. The van der Waals surface area contributed by atoms with Crippen molar-refractivity contribution in [2.24, 2.45) is 0 Å². The first-order valence-electron chi connectivity index (χ1n) is 4.88. The lowest BCUT2D eigenvalue weighted by molar-refractivity contribution is 0.589. The second kappa shape index (κ2) is 4.28. The Bertz CT molecular complexity index is 327. The molecule has 1 aromatic rings. The molecule has 4 heteroatoms. The number of fused-ring (bicyclic) bond motifs is 1. The summed E-state index contributed by atoms with van der Waals surface area (Å²) in [5.74, 6) is 3.10. The SMILES string of the molecule is CNC(C)Cc1ncc2c(n1)CSC2. The smallest absolute Gasteiger partial charge is 0.130 e. The van der Waals surface area contributed by atoms with Gasteiger partial charge in [-0.1, -0.05) is 0 Å². The lowest BCUT2D eigenvalue weighted by Crippen LogP contribution is -2.24. The summed E-state index contributed by atoms with van der Waals surface area (Å²) in [6, 6.07) is 0.446. The molecule has 1 aliphatic heterocycles. The number of thioether (sulfide) groups is 1. The van der Waals surface area contributed by atoms with Gasteiger partial charge in [0.1, 0.15) is 5.82 Å². The fraction of sp³-hybridized carbons (Fsp3) is 0.600. The number of likely N-dealkylation sites (N-methyl/N-ethyl adjacent to an activating group) is 1. The van der Waals surface area contributed by atoms with E-state index in [-0.39, 0.29) is 0 Å². The Morgan fingerprint density at radius 2 is 2.43 bits per heavy atom. The molecule has 1 aromatic heterocycles. The van der Waals surface area contributed by atoms with Crippen molar-refractivity contribution in [3.63, 3.8) is 0 Å². The predicted molar refractivity (Wildman–Crippen MR) is 59.3 cm³/mol. The molecule has 0 spiro atoms. The van der Waals surface area contributed by atoms with Crippen LogP contribution in [0.15, 0.2) is 6.20 Å². The molecule has 1 aliphatic rings. The number of aromatic nitrogens is 2. The molecule has 76 valence electrons. The Labute approximate surface area is 88.7 Å². The summed E-state index contributed by atoms with van der Waals surface area (Å²) in [6.07, 6.45) is 2.90. The van der Waals surface area contributed by atoms with Gasteiger partial charge in [-0.15, -0.1) is 0 Å². The molecule has 1 N–H and O–H groups in total. The maximum atomic E-state index is 4.57. The summed E-state index contributed by atoms with van der Waals surface area (Å²) in [4.78, 5) is 8.94. The van der Waals surface area contributed by atoms with Gasteiger partial charge in [0.2, 0.25) is 0 Å². The summed E-state index contributed by atoms with van der Waals surface area (Å²) in [6.45, 7) is 2.14. The zero-order valence-electron chi connectivity index (χ0n) is 8.58. The minimum absolute atomic E-state index is 0.446. The van der Waals surface area contributed by atoms with Crippen molar-refractivity contribution < 1.29 is 0 Å². The van der Waals surface area contributed by atoms with Crippen molar-refractivity contribution in [1.29, 1.82) is 0 Å². The summed E-state index contributed by atoms with van der Waals surface area (Å²) < 4.78 is 0. The highest BCUT2D eigenvalue weighted by molar-refractivity contribution is 7.98. The first-order chi connectivity index (χ1) is 6.79. The van der Waals surface area contributed by atoms with E-state index in [0.29, 0.717) is 6.04 Å². The van der Waals surface area contributed by atoms with Gasteiger partial charge >= 0.3 is 0 Å². The van der Waals surface area contributed by atoms with E-state index in [9.17, 15) is 0 Å². The second-order valence-corrected chi connectivity index (χ2v) is 4.63. The van der Waals surface area contributed by atoms with E-state index in [1.54, 1.807) is 0 Å². The Hall–Kier alpha value is -0.610. The van der Waals surface area contributed by atoms with Crippen LogP contribution in [0, 0.1) is 0 Å². The molecule has 0 amide bonds. The van der Waals surface area contributed by atoms with Crippen molar-refractivity contribution in [1.82, 2.24) is 15.3 Å². The molecular weight excluding hydrogens is 194 g/mol. The molecule has 2 heterocycles. The summed E-state index contributed by atoms with van der Waals surface area (Å²) in [7, 11) is 1.97. The van der Waals surface area contributed by atoms with Crippen LogP contribution in [0.1, 0.15) is 24.0 Å². The van der Waals surface area contributed by atoms with E-state index in [2.05, 4.69) is 22.2 Å². The van der Waals surface area contributed by atoms with Crippen molar-refractivity contribution in [2.75, 3.05) is 7.05 Å². The van der Waals surface area contributed by atoms with Crippen molar-refractivity contribution in [3.05, 3.63) is 23.3 Å². The van der Waals surface area contributed by atoms with Crippen molar-refractivity contribution >= 4 is 11.8 Å². The van der Waals surface area contributed by atoms with E-state index in [1.807, 2.05) is 25.0 Å². The van der Waals surface area contributed by atoms with Gasteiger partial charge in [0, 0.05) is 35.7 Å². The first-order valence-corrected chi connectivity index (χ1v) is 6.03. The minimum Gasteiger partial charge on any atom is -0.317 e. The standard InChI is InChI=1S/C10H15N3S/c1-7(11-2)3-10-12-4-8-5-14-6-9(8)13-10/h4,7,11H,3,5-6H2,1-2H3. The lowest BCUT2D eigenvalue weighted by Gasteiger charge is -2.08. The lowest BCUT2D eigenvalue weighted by atomic mass is 10.2. The van der Waals surface area contributed by atoms with Crippen LogP contribution in [0.2, 0.25) is 0 Å². The van der Waals surface area contributed by atoms with Crippen LogP contribution < -0.4 is 5.32 Å². The quantitative estimate of drug-likeness (QED) is 0.816. The molecule has 1 unspecified atom stereocenters. The monoisotopic (exact) mass is 209 g/mol. The summed E-state index contributed by atoms with van der Waals surface area (Å²) >= 11 is 1.92. The fourth-order valence-corrected chi connectivity index (χ4v) is 2.47. The number of nitrogens with one attached hydrogen (secondary N) is 1. The Morgan fingerprint density at radius 1 is 1.57 bits per heavy atom. The summed E-state index contributed by atoms with van der Waals surface area (Å²) in [5, 5.41) is 3.20. The van der Waals surface area contributed by atoms with Gasteiger partial charge in [-0.05, 0) is 14.0 Å². The van der Waals surface area contributed by atoms with Gasteiger partial charge in [0.15, 0.2) is 0 Å². The van der Waals surface area contributed by atoms with E-state index >= 15 is 0 Å². The third-order valence-corrected chi connectivity index (χ3v) is 3.47. The van der Waals surface area contributed by atoms with E-state index in [1.165, 1.54) is 11.3 Å². The van der Waals surface area contributed by atoms with Crippen LogP contribution >= 0.6 is 11.8 Å². The summed E-state index contributed by atoms with van der Waals surface area (Å²) in [5.41, 5.74) is 2.55. The molecule has 2 rings (SSSR count). The highest BCUT2D eigenvalue weighted by atomic mass is 32.2. The molecule has 0 saturated heterocycles. The molecule has 1 atom stereocenters. The zero-order valence-corrected chi connectivity index (χ0v) is 9.40. The molecule has 0 aromatic carbocycles. The molecule has 0 radical (unpaired) electrons. The molecular formula is C10H15N3S. The van der Waals surface area contributed by atoms with Gasteiger partial charge < -0.3 is 5.32 Å². The van der Waals surface area contributed by atoms with Gasteiger partial charge in [0.05, 0.1) is 5.69 Å². The highest BCUT2D eigenvalue weighted by Gasteiger charge is 2.14. The maximum Gasteiger partial charge on any atom is 0.130 e. The third-order valence-electron chi connectivity index (χ3n) is 2.48. The Morgan fingerprint density at radius 3 is 3.21 bits per heavy atom. The van der Waals surface area contributed by atoms with E-state index in [4.69, 9.17) is 0 Å². The zero-order chi connectivity index (χ0) is 9.97. The van der Waals surface area contributed by atoms with Gasteiger partial charge in [-0.25, -0.2) is 9.97 Å². The van der Waals surface area contributed by atoms with Gasteiger partial charge in [-0.3, -0.25) is 0 Å². The average Bonchev–Trinajstić information content (AvgIpc) is 2.64. The maximum absolute atomic E-state index is 4.57. The number of nitrogens with zero attached hydrogens (tertiary/aromatic N) is 2. The topological polar surface area (TPSA) is 37.8 Å². The molecule has 14 heavy (non-hydrogen) atoms. The van der Waals surface area contributed by atoms with Crippen LogP contribution in [0.25, 0.3) is 0 Å². The van der Waals surface area contributed by atoms with Crippen LogP contribution in [-0.2, 0) is 17.9 Å². The number of hydrogen-bond donors (Lipinski definition) is 1. The fourth-order valence-electron chi connectivity index (χ4n) is 1.46. The van der Waals surface area contributed by atoms with Crippen molar-refractivity contribution in [3.8, 4) is 0 Å². The molecule has 3 nitrogen and oxygen atoms in total. The van der Waals surface area contributed by atoms with E-state index in [0.717, 1.165) is 23.8 Å². The number of rotatable bonds is 3. The average molecular weight is 209 g/mol. The Balaban J connectivity index is 2.12. The van der Waals surface area contributed by atoms with Crippen LogP contribution in [0.4, 0.5) is 0 Å². The van der Waals surface area contributed by atoms with Gasteiger partial charge in [-0.2, -0.15) is 11.8 Å². The van der Waals surface area contributed by atoms with E-state index < -0.39 is 0 Å². The number of hydrogen-bond acceptors (Lipinski definition) is 4. The predicted octanol–water partition coefficient (Wildman–Crippen LogP) is 1.37. The molecule has 0 saturated carbocycles. The molecule has 0 bridgehead atoms. The third kappa shape index (κ3) is 2.07. The Kier molecular flexibility index (Phi) is 3.03. The normalized spacial score (nSPS) is 16.7.